The fraction of sp³-hybridized carbons (Fsp3) is 0.318. The molecule has 0 saturated heterocycles. The van der Waals surface area contributed by atoms with Gasteiger partial charge < -0.3 is 15.2 Å². The summed E-state index contributed by atoms with van der Waals surface area (Å²) in [6.45, 7) is 8.42. The van der Waals surface area contributed by atoms with E-state index in [1.54, 1.807) is 24.3 Å². The van der Waals surface area contributed by atoms with Gasteiger partial charge in [-0.05, 0) is 37.3 Å². The number of amides is 2. The number of imidazole rings is 1. The first-order chi connectivity index (χ1) is 13.8. The maximum Gasteiger partial charge on any atom is 0.234 e. The molecule has 1 heterocycles. The van der Waals surface area contributed by atoms with Crippen LogP contribution in [0.1, 0.15) is 27.7 Å². The van der Waals surface area contributed by atoms with Crippen LogP contribution in [0.5, 0.6) is 0 Å². The first-order valence-corrected chi connectivity index (χ1v) is 10.6. The van der Waals surface area contributed by atoms with Crippen LogP contribution in [-0.2, 0) is 16.1 Å². The molecule has 0 atom stereocenters. The third-order valence-corrected chi connectivity index (χ3v) is 5.33. The number of aryl methyl sites for hydroxylation is 1. The van der Waals surface area contributed by atoms with E-state index in [0.29, 0.717) is 11.4 Å². The molecule has 2 N–H and O–H groups in total. The van der Waals surface area contributed by atoms with Crippen molar-refractivity contribution in [3.63, 3.8) is 0 Å². The second-order valence-electron chi connectivity index (χ2n) is 7.75. The van der Waals surface area contributed by atoms with E-state index in [4.69, 9.17) is 0 Å². The van der Waals surface area contributed by atoms with Crippen LogP contribution in [0, 0.1) is 5.41 Å². The number of nitrogens with zero attached hydrogens (tertiary/aromatic N) is 2. The summed E-state index contributed by atoms with van der Waals surface area (Å²) in [5, 5.41) is 6.59. The van der Waals surface area contributed by atoms with Gasteiger partial charge in [-0.25, -0.2) is 4.98 Å². The largest absolute Gasteiger partial charge is 0.326 e. The summed E-state index contributed by atoms with van der Waals surface area (Å²) in [4.78, 5) is 29.2. The average Bonchev–Trinajstić information content (AvgIpc) is 3.03. The van der Waals surface area contributed by atoms with Crippen LogP contribution in [0.2, 0.25) is 0 Å². The summed E-state index contributed by atoms with van der Waals surface area (Å²) in [5.74, 6) is 0.0565. The van der Waals surface area contributed by atoms with Crippen LogP contribution >= 0.6 is 11.8 Å². The van der Waals surface area contributed by atoms with Gasteiger partial charge in [-0.1, -0.05) is 50.7 Å². The molecule has 0 aliphatic rings. The van der Waals surface area contributed by atoms with Gasteiger partial charge in [0.25, 0.3) is 0 Å². The van der Waals surface area contributed by atoms with Gasteiger partial charge in [-0.2, -0.15) is 0 Å². The molecule has 0 bridgehead atoms. The van der Waals surface area contributed by atoms with E-state index >= 15 is 0 Å². The molecule has 0 saturated carbocycles. The molecule has 3 aromatic rings. The van der Waals surface area contributed by atoms with Gasteiger partial charge in [0.15, 0.2) is 5.16 Å². The van der Waals surface area contributed by atoms with Crippen molar-refractivity contribution in [3.8, 4) is 0 Å². The maximum atomic E-state index is 12.4. The van der Waals surface area contributed by atoms with Gasteiger partial charge in [0.05, 0.1) is 16.8 Å². The second-order valence-corrected chi connectivity index (χ2v) is 8.69. The van der Waals surface area contributed by atoms with Crippen LogP contribution in [0.25, 0.3) is 11.0 Å². The van der Waals surface area contributed by atoms with E-state index in [9.17, 15) is 9.59 Å². The SMILES string of the molecule is CCn1c(SCC(=O)Nc2cccc(NC(=O)C(C)(C)C)c2)nc2ccccc21. The molecule has 152 valence electrons. The fourth-order valence-electron chi connectivity index (χ4n) is 2.79. The highest BCUT2D eigenvalue weighted by atomic mass is 32.2. The lowest BCUT2D eigenvalue weighted by Crippen LogP contribution is -2.27. The highest BCUT2D eigenvalue weighted by Crippen LogP contribution is 2.24. The normalized spacial score (nSPS) is 11.4. The Hall–Kier alpha value is -2.80. The number of hydrogen-bond donors (Lipinski definition) is 2. The minimum Gasteiger partial charge on any atom is -0.326 e. The number of carbonyl (C=O) groups excluding carboxylic acids is 2. The van der Waals surface area contributed by atoms with E-state index in [0.717, 1.165) is 22.7 Å². The molecule has 2 amide bonds. The van der Waals surface area contributed by atoms with Crippen molar-refractivity contribution >= 4 is 46.0 Å². The lowest BCUT2D eigenvalue weighted by Gasteiger charge is -2.18. The van der Waals surface area contributed by atoms with E-state index in [-0.39, 0.29) is 17.6 Å². The van der Waals surface area contributed by atoms with Crippen molar-refractivity contribution in [1.82, 2.24) is 9.55 Å². The number of carbonyl (C=O) groups is 2. The van der Waals surface area contributed by atoms with Gasteiger partial charge in [0.2, 0.25) is 11.8 Å². The van der Waals surface area contributed by atoms with Crippen LogP contribution in [0.4, 0.5) is 11.4 Å². The Balaban J connectivity index is 1.63. The summed E-state index contributed by atoms with van der Waals surface area (Å²) in [6, 6.07) is 15.1. The number of hydrogen-bond acceptors (Lipinski definition) is 4. The van der Waals surface area contributed by atoms with E-state index in [1.807, 2.05) is 45.0 Å². The van der Waals surface area contributed by atoms with Crippen molar-refractivity contribution in [2.24, 2.45) is 5.41 Å². The summed E-state index contributed by atoms with van der Waals surface area (Å²) in [6.07, 6.45) is 0. The quantitative estimate of drug-likeness (QED) is 0.574. The highest BCUT2D eigenvalue weighted by Gasteiger charge is 2.21. The zero-order valence-corrected chi connectivity index (χ0v) is 18.0. The molecule has 6 nitrogen and oxygen atoms in total. The number of para-hydroxylation sites is 2. The smallest absolute Gasteiger partial charge is 0.234 e. The monoisotopic (exact) mass is 410 g/mol. The Morgan fingerprint density at radius 3 is 2.41 bits per heavy atom. The Morgan fingerprint density at radius 1 is 1.03 bits per heavy atom. The molecule has 29 heavy (non-hydrogen) atoms. The van der Waals surface area contributed by atoms with Crippen molar-refractivity contribution < 1.29 is 9.59 Å². The molecule has 0 spiro atoms. The number of aromatic nitrogens is 2. The van der Waals surface area contributed by atoms with Crippen LogP contribution in [0.15, 0.2) is 53.7 Å². The minimum atomic E-state index is -0.485. The number of nitrogens with one attached hydrogen (secondary N) is 2. The van der Waals surface area contributed by atoms with Crippen LogP contribution in [-0.4, -0.2) is 27.1 Å². The average molecular weight is 411 g/mol. The van der Waals surface area contributed by atoms with E-state index in [2.05, 4.69) is 27.1 Å². The lowest BCUT2D eigenvalue weighted by atomic mass is 9.95. The van der Waals surface area contributed by atoms with Crippen molar-refractivity contribution in [1.29, 1.82) is 0 Å². The molecule has 7 heteroatoms. The third kappa shape index (κ3) is 5.17. The first kappa shape index (κ1) is 20.9. The molecular formula is C22H26N4O2S. The number of fused-ring (bicyclic) bond motifs is 1. The molecule has 2 aromatic carbocycles. The molecule has 1 aromatic heterocycles. The first-order valence-electron chi connectivity index (χ1n) is 9.57. The summed E-state index contributed by atoms with van der Waals surface area (Å²) in [7, 11) is 0. The summed E-state index contributed by atoms with van der Waals surface area (Å²) < 4.78 is 2.11. The Kier molecular flexibility index (Phi) is 6.27. The van der Waals surface area contributed by atoms with Crippen LogP contribution < -0.4 is 10.6 Å². The number of benzene rings is 2. The molecule has 3 rings (SSSR count). The second kappa shape index (κ2) is 8.69. The van der Waals surface area contributed by atoms with Gasteiger partial charge in [-0.3, -0.25) is 9.59 Å². The Bertz CT molecular complexity index is 1040. The summed E-state index contributed by atoms with van der Waals surface area (Å²) in [5.41, 5.74) is 2.81. The van der Waals surface area contributed by atoms with Gasteiger partial charge in [0.1, 0.15) is 0 Å². The third-order valence-electron chi connectivity index (χ3n) is 4.35. The summed E-state index contributed by atoms with van der Waals surface area (Å²) >= 11 is 1.41. The molecule has 0 fully saturated rings. The predicted octanol–water partition coefficient (Wildman–Crippen LogP) is 4.77. The van der Waals surface area contributed by atoms with Gasteiger partial charge in [-0.15, -0.1) is 0 Å². The maximum absolute atomic E-state index is 12.4. The molecule has 0 aliphatic carbocycles. The molecule has 0 aliphatic heterocycles. The standard InChI is InChI=1S/C22H26N4O2S/c1-5-26-18-12-7-6-11-17(18)25-21(26)29-14-19(27)23-15-9-8-10-16(13-15)24-20(28)22(2,3)4/h6-13H,5,14H2,1-4H3,(H,23,27)(H,24,28). The lowest BCUT2D eigenvalue weighted by molar-refractivity contribution is -0.123. The Morgan fingerprint density at radius 2 is 1.72 bits per heavy atom. The van der Waals surface area contributed by atoms with Crippen LogP contribution in [0.3, 0.4) is 0 Å². The van der Waals surface area contributed by atoms with Crippen molar-refractivity contribution in [2.75, 3.05) is 16.4 Å². The molecule has 0 unspecified atom stereocenters. The molecular weight excluding hydrogens is 384 g/mol. The number of thioether (sulfide) groups is 1. The van der Waals surface area contributed by atoms with Gasteiger partial charge in [0, 0.05) is 23.3 Å². The topological polar surface area (TPSA) is 76.0 Å². The zero-order chi connectivity index (χ0) is 21.0. The van der Waals surface area contributed by atoms with E-state index < -0.39 is 5.41 Å². The van der Waals surface area contributed by atoms with E-state index in [1.165, 1.54) is 11.8 Å². The highest BCUT2D eigenvalue weighted by molar-refractivity contribution is 7.99. The molecule has 0 radical (unpaired) electrons. The van der Waals surface area contributed by atoms with Crippen molar-refractivity contribution in [3.05, 3.63) is 48.5 Å². The predicted molar refractivity (Wildman–Crippen MR) is 119 cm³/mol. The zero-order valence-electron chi connectivity index (χ0n) is 17.2. The fourth-order valence-corrected chi connectivity index (χ4v) is 3.67. The number of rotatable bonds is 6. The minimum absolute atomic E-state index is 0.0741. The Labute approximate surface area is 175 Å². The van der Waals surface area contributed by atoms with Gasteiger partial charge >= 0.3 is 0 Å². The number of anilines is 2. The van der Waals surface area contributed by atoms with Crippen molar-refractivity contribution in [2.45, 2.75) is 39.4 Å².